The van der Waals surface area contributed by atoms with Gasteiger partial charge in [-0.05, 0) is 43.2 Å². The summed E-state index contributed by atoms with van der Waals surface area (Å²) >= 11 is 0. The molecule has 0 unspecified atom stereocenters. The average Bonchev–Trinajstić information content (AvgIpc) is 2.68. The van der Waals surface area contributed by atoms with Gasteiger partial charge >= 0.3 is 16.1 Å². The number of urea groups is 1. The van der Waals surface area contributed by atoms with E-state index in [-0.39, 0.29) is 29.1 Å². The molecule has 0 saturated heterocycles. The lowest BCUT2D eigenvalue weighted by Gasteiger charge is -2.25. The van der Waals surface area contributed by atoms with Crippen molar-refractivity contribution in [2.45, 2.75) is 32.2 Å². The van der Waals surface area contributed by atoms with Gasteiger partial charge in [0.2, 0.25) is 0 Å². The van der Waals surface area contributed by atoms with Crippen molar-refractivity contribution in [3.63, 3.8) is 0 Å². The van der Waals surface area contributed by atoms with Crippen LogP contribution in [0, 0.1) is 5.92 Å². The summed E-state index contributed by atoms with van der Waals surface area (Å²) in [5.74, 6) is 1.01. The fraction of sp³-hybridized carbons (Fsp3) is 0.381. The highest BCUT2D eigenvalue weighted by molar-refractivity contribution is 7.87. The molecule has 0 aromatic heterocycles. The lowest BCUT2D eigenvalue weighted by Crippen LogP contribution is -2.41. The van der Waals surface area contributed by atoms with Crippen LogP contribution in [-0.4, -0.2) is 39.5 Å². The number of benzene rings is 2. The maximum Gasteiger partial charge on any atom is 0.339 e. The first-order chi connectivity index (χ1) is 13.8. The van der Waals surface area contributed by atoms with Crippen LogP contribution in [0.2, 0.25) is 0 Å². The summed E-state index contributed by atoms with van der Waals surface area (Å²) < 4.78 is 35.9. The van der Waals surface area contributed by atoms with Crippen LogP contribution in [0.5, 0.6) is 11.5 Å². The number of para-hydroxylation sites is 1. The minimum atomic E-state index is -4.02. The van der Waals surface area contributed by atoms with E-state index in [0.717, 1.165) is 0 Å². The maximum atomic E-state index is 12.7. The van der Waals surface area contributed by atoms with Crippen molar-refractivity contribution < 1.29 is 22.1 Å². The smallest absolute Gasteiger partial charge is 0.339 e. The minimum Gasteiger partial charge on any atom is -0.497 e. The van der Waals surface area contributed by atoms with Crippen LogP contribution in [0.3, 0.4) is 0 Å². The van der Waals surface area contributed by atoms with Gasteiger partial charge in [0.05, 0.1) is 13.7 Å². The monoisotopic (exact) mass is 420 g/mol. The van der Waals surface area contributed by atoms with Crippen LogP contribution in [-0.2, 0) is 16.7 Å². The molecular weight excluding hydrogens is 392 g/mol. The number of hydrogen-bond donors (Lipinski definition) is 1. The van der Waals surface area contributed by atoms with Gasteiger partial charge in [-0.3, -0.25) is 0 Å². The molecule has 0 saturated carbocycles. The predicted octanol–water partition coefficient (Wildman–Crippen LogP) is 3.65. The first kappa shape index (κ1) is 22.5. The van der Waals surface area contributed by atoms with Crippen LogP contribution in [0.1, 0.15) is 26.3 Å². The SMILES string of the molecule is CCNC(=O)N(Cc1ccccc1OS(=O)(=O)c1ccc(OC)cc1)CC(C)C. The summed E-state index contributed by atoms with van der Waals surface area (Å²) in [4.78, 5) is 14.1. The topological polar surface area (TPSA) is 84.9 Å². The summed E-state index contributed by atoms with van der Waals surface area (Å²) in [6.45, 7) is 7.16. The zero-order valence-corrected chi connectivity index (χ0v) is 18.0. The lowest BCUT2D eigenvalue weighted by molar-refractivity contribution is 0.188. The molecule has 29 heavy (non-hydrogen) atoms. The standard InChI is InChI=1S/C21H28N2O5S/c1-5-22-21(24)23(14-16(2)3)15-17-8-6-7-9-20(17)28-29(25,26)19-12-10-18(27-4)11-13-19/h6-13,16H,5,14-15H2,1-4H3,(H,22,24). The molecule has 0 aliphatic carbocycles. The second-order valence-corrected chi connectivity index (χ2v) is 8.48. The number of ether oxygens (including phenoxy) is 1. The molecule has 2 rings (SSSR count). The Labute approximate surface area is 172 Å². The first-order valence-electron chi connectivity index (χ1n) is 9.46. The average molecular weight is 421 g/mol. The normalized spacial score (nSPS) is 11.2. The number of nitrogens with zero attached hydrogens (tertiary/aromatic N) is 1. The Bertz CT molecular complexity index is 911. The Morgan fingerprint density at radius 3 is 2.34 bits per heavy atom. The number of rotatable bonds is 9. The fourth-order valence-electron chi connectivity index (χ4n) is 2.75. The van der Waals surface area contributed by atoms with Crippen molar-refractivity contribution in [2.24, 2.45) is 5.92 Å². The summed E-state index contributed by atoms with van der Waals surface area (Å²) in [6.07, 6.45) is 0. The summed E-state index contributed by atoms with van der Waals surface area (Å²) in [6, 6.07) is 12.6. The highest BCUT2D eigenvalue weighted by atomic mass is 32.2. The zero-order valence-electron chi connectivity index (χ0n) is 17.2. The molecule has 2 aromatic carbocycles. The van der Waals surface area contributed by atoms with Gasteiger partial charge in [0, 0.05) is 18.7 Å². The van der Waals surface area contributed by atoms with E-state index < -0.39 is 10.1 Å². The maximum absolute atomic E-state index is 12.7. The Balaban J connectivity index is 2.27. The number of carbonyl (C=O) groups excluding carboxylic acids is 1. The third-order valence-corrected chi connectivity index (χ3v) is 5.33. The van der Waals surface area contributed by atoms with Crippen molar-refractivity contribution in [2.75, 3.05) is 20.2 Å². The highest BCUT2D eigenvalue weighted by Crippen LogP contribution is 2.25. The van der Waals surface area contributed by atoms with Crippen LogP contribution >= 0.6 is 0 Å². The van der Waals surface area contributed by atoms with E-state index in [9.17, 15) is 13.2 Å². The van der Waals surface area contributed by atoms with Gasteiger partial charge in [-0.15, -0.1) is 0 Å². The minimum absolute atomic E-state index is 0.0239. The van der Waals surface area contributed by atoms with Crippen molar-refractivity contribution in [3.8, 4) is 11.5 Å². The van der Waals surface area contributed by atoms with E-state index in [1.165, 1.54) is 19.2 Å². The van der Waals surface area contributed by atoms with Crippen LogP contribution < -0.4 is 14.2 Å². The zero-order chi connectivity index (χ0) is 21.4. The predicted molar refractivity (Wildman–Crippen MR) is 112 cm³/mol. The summed E-state index contributed by atoms with van der Waals surface area (Å²) in [7, 11) is -2.52. The fourth-order valence-corrected chi connectivity index (χ4v) is 3.72. The summed E-state index contributed by atoms with van der Waals surface area (Å²) in [5, 5.41) is 2.79. The Morgan fingerprint density at radius 1 is 1.10 bits per heavy atom. The third-order valence-electron chi connectivity index (χ3n) is 4.08. The molecule has 0 atom stereocenters. The molecule has 2 aromatic rings. The highest BCUT2D eigenvalue weighted by Gasteiger charge is 2.21. The molecule has 2 amide bonds. The van der Waals surface area contributed by atoms with Gasteiger partial charge in [-0.2, -0.15) is 8.42 Å². The van der Waals surface area contributed by atoms with E-state index in [1.54, 1.807) is 41.3 Å². The molecule has 158 valence electrons. The molecule has 0 bridgehead atoms. The van der Waals surface area contributed by atoms with Gasteiger partial charge < -0.3 is 19.1 Å². The molecule has 1 N–H and O–H groups in total. The van der Waals surface area contributed by atoms with Crippen LogP contribution in [0.4, 0.5) is 4.79 Å². The number of amides is 2. The second-order valence-electron chi connectivity index (χ2n) is 6.93. The number of nitrogens with one attached hydrogen (secondary N) is 1. The first-order valence-corrected chi connectivity index (χ1v) is 10.9. The van der Waals surface area contributed by atoms with E-state index in [2.05, 4.69) is 5.32 Å². The van der Waals surface area contributed by atoms with Crippen LogP contribution in [0.15, 0.2) is 53.4 Å². The van der Waals surface area contributed by atoms with E-state index in [0.29, 0.717) is 24.4 Å². The molecule has 0 aliphatic rings. The second kappa shape index (κ2) is 10.2. The van der Waals surface area contributed by atoms with Crippen molar-refractivity contribution in [1.82, 2.24) is 10.2 Å². The summed E-state index contributed by atoms with van der Waals surface area (Å²) in [5.41, 5.74) is 0.608. The number of hydrogen-bond acceptors (Lipinski definition) is 5. The molecule has 0 heterocycles. The Hall–Kier alpha value is -2.74. The van der Waals surface area contributed by atoms with Crippen molar-refractivity contribution >= 4 is 16.1 Å². The van der Waals surface area contributed by atoms with Gasteiger partial charge in [-0.1, -0.05) is 32.0 Å². The third kappa shape index (κ3) is 6.39. The molecule has 0 aliphatic heterocycles. The molecule has 8 heteroatoms. The van der Waals surface area contributed by atoms with Crippen molar-refractivity contribution in [3.05, 3.63) is 54.1 Å². The largest absolute Gasteiger partial charge is 0.497 e. The van der Waals surface area contributed by atoms with E-state index in [1.807, 2.05) is 20.8 Å². The van der Waals surface area contributed by atoms with E-state index in [4.69, 9.17) is 8.92 Å². The van der Waals surface area contributed by atoms with Gasteiger partial charge in [0.1, 0.15) is 16.4 Å². The van der Waals surface area contributed by atoms with Gasteiger partial charge in [0.25, 0.3) is 0 Å². The quantitative estimate of drug-likeness (QED) is 0.626. The van der Waals surface area contributed by atoms with Gasteiger partial charge in [-0.25, -0.2) is 4.79 Å². The Kier molecular flexibility index (Phi) is 7.90. The molecular formula is C21H28N2O5S. The Morgan fingerprint density at radius 2 is 1.76 bits per heavy atom. The van der Waals surface area contributed by atoms with Crippen molar-refractivity contribution in [1.29, 1.82) is 0 Å². The van der Waals surface area contributed by atoms with Gasteiger partial charge in [0.15, 0.2) is 0 Å². The number of carbonyl (C=O) groups is 1. The molecule has 0 spiro atoms. The number of methoxy groups -OCH3 is 1. The van der Waals surface area contributed by atoms with E-state index >= 15 is 0 Å². The molecule has 7 nitrogen and oxygen atoms in total. The lowest BCUT2D eigenvalue weighted by atomic mass is 10.1. The molecule has 0 radical (unpaired) electrons. The van der Waals surface area contributed by atoms with Crippen LogP contribution in [0.25, 0.3) is 0 Å². The molecule has 0 fully saturated rings.